The Morgan fingerprint density at radius 1 is 0.435 bits per heavy atom. The molecule has 1 heterocycles. The van der Waals surface area contributed by atoms with Gasteiger partial charge < -0.3 is 4.57 Å². The molecule has 216 valence electrons. The summed E-state index contributed by atoms with van der Waals surface area (Å²) >= 11 is 0. The Kier molecular flexibility index (Phi) is 6.91. The summed E-state index contributed by atoms with van der Waals surface area (Å²) in [5.41, 5.74) is 6.11. The Labute approximate surface area is 270 Å². The van der Waals surface area contributed by atoms with E-state index in [1.54, 1.807) is 0 Å². The molecule has 46 heavy (non-hydrogen) atoms. The van der Waals surface area contributed by atoms with Crippen LogP contribution in [0.5, 0.6) is 0 Å². The van der Waals surface area contributed by atoms with Gasteiger partial charge in [-0.15, -0.1) is 0 Å². The maximum absolute atomic E-state index is 10.6. The van der Waals surface area contributed by atoms with Gasteiger partial charge in [0.15, 0.2) is 8.07 Å². The fourth-order valence-electron chi connectivity index (χ4n) is 7.18. The molecule has 0 bridgehead atoms. The lowest BCUT2D eigenvalue weighted by Gasteiger charge is -2.34. The minimum absolute atomic E-state index is 0.682. The number of rotatable bonds is 6. The molecule has 0 N–H and O–H groups in total. The smallest absolute Gasteiger partial charge is 0.179 e. The molecule has 0 spiro atoms. The first kappa shape index (κ1) is 27.6. The molecule has 0 atom stereocenters. The predicted octanol–water partition coefficient (Wildman–Crippen LogP) is 7.70. The topological polar surface area (TPSA) is 28.7 Å². The number of para-hydroxylation sites is 2. The molecule has 8 aromatic rings. The summed E-state index contributed by atoms with van der Waals surface area (Å²) in [6.45, 7) is 0. The van der Waals surface area contributed by atoms with Crippen LogP contribution in [0.15, 0.2) is 182 Å². The van der Waals surface area contributed by atoms with Crippen LogP contribution in [0.25, 0.3) is 38.6 Å². The SMILES string of the molecule is N#Cc1cc([Si](c2ccccc2)(c2ccccc2)c2ccccc2)ccc1-c1ccc(-n2c3ccccc3c3ccccc32)cc1. The number of nitrogens with zero attached hydrogens (tertiary/aromatic N) is 2. The fraction of sp³-hybridized carbons (Fsp3) is 0. The van der Waals surface area contributed by atoms with Gasteiger partial charge in [-0.05, 0) is 62.2 Å². The second-order valence-corrected chi connectivity index (χ2v) is 15.4. The number of hydrogen-bond donors (Lipinski definition) is 0. The Morgan fingerprint density at radius 2 is 0.891 bits per heavy atom. The summed E-state index contributed by atoms with van der Waals surface area (Å²) < 4.78 is 2.32. The summed E-state index contributed by atoms with van der Waals surface area (Å²) in [5, 5.41) is 18.1. The number of fused-ring (bicyclic) bond motifs is 3. The van der Waals surface area contributed by atoms with E-state index in [0.717, 1.165) is 16.8 Å². The lowest BCUT2D eigenvalue weighted by atomic mass is 10.00. The summed E-state index contributed by atoms with van der Waals surface area (Å²) in [6, 6.07) is 67.3. The van der Waals surface area contributed by atoms with E-state index < -0.39 is 8.07 Å². The average molecular weight is 603 g/mol. The highest BCUT2D eigenvalue weighted by Gasteiger charge is 2.41. The highest BCUT2D eigenvalue weighted by Crippen LogP contribution is 2.33. The highest BCUT2D eigenvalue weighted by atomic mass is 28.3. The average Bonchev–Trinajstić information content (AvgIpc) is 3.48. The summed E-state index contributed by atoms with van der Waals surface area (Å²) in [7, 11) is -2.72. The number of aromatic nitrogens is 1. The second kappa shape index (κ2) is 11.5. The van der Waals surface area contributed by atoms with Crippen molar-refractivity contribution in [3.63, 3.8) is 0 Å². The van der Waals surface area contributed by atoms with Crippen molar-refractivity contribution < 1.29 is 0 Å². The molecule has 8 rings (SSSR count). The molecule has 0 aliphatic carbocycles. The zero-order valence-corrected chi connectivity index (χ0v) is 26.2. The molecule has 0 aliphatic heterocycles. The quantitative estimate of drug-likeness (QED) is 0.142. The van der Waals surface area contributed by atoms with E-state index in [-0.39, 0.29) is 0 Å². The van der Waals surface area contributed by atoms with Crippen LogP contribution in [0.2, 0.25) is 0 Å². The van der Waals surface area contributed by atoms with Gasteiger partial charge in [-0.3, -0.25) is 0 Å². The Morgan fingerprint density at radius 3 is 1.37 bits per heavy atom. The molecule has 0 aliphatic rings. The molecule has 0 saturated heterocycles. The van der Waals surface area contributed by atoms with Gasteiger partial charge in [0.2, 0.25) is 0 Å². The van der Waals surface area contributed by atoms with Gasteiger partial charge in [0, 0.05) is 16.5 Å². The van der Waals surface area contributed by atoms with E-state index in [1.165, 1.54) is 42.6 Å². The van der Waals surface area contributed by atoms with Crippen molar-refractivity contribution in [2.75, 3.05) is 0 Å². The van der Waals surface area contributed by atoms with E-state index in [2.05, 4.69) is 193 Å². The molecule has 0 saturated carbocycles. The lowest BCUT2D eigenvalue weighted by Crippen LogP contribution is -2.74. The number of nitriles is 1. The molecule has 0 fully saturated rings. The molecule has 0 unspecified atom stereocenters. The molecule has 3 heteroatoms. The van der Waals surface area contributed by atoms with E-state index in [0.29, 0.717) is 5.56 Å². The first-order chi connectivity index (χ1) is 22.8. The molecule has 0 amide bonds. The molecule has 7 aromatic carbocycles. The zero-order chi connectivity index (χ0) is 30.9. The van der Waals surface area contributed by atoms with Gasteiger partial charge in [0.25, 0.3) is 0 Å². The maximum atomic E-state index is 10.6. The third-order valence-electron chi connectivity index (χ3n) is 9.21. The Hall–Kier alpha value is -5.95. The van der Waals surface area contributed by atoms with Crippen LogP contribution < -0.4 is 20.7 Å². The summed E-state index contributed by atoms with van der Waals surface area (Å²) in [6.07, 6.45) is 0. The largest absolute Gasteiger partial charge is 0.309 e. The van der Waals surface area contributed by atoms with Gasteiger partial charge in [-0.25, -0.2) is 0 Å². The van der Waals surface area contributed by atoms with Gasteiger partial charge in [0.05, 0.1) is 22.7 Å². The van der Waals surface area contributed by atoms with Crippen molar-refractivity contribution in [2.45, 2.75) is 0 Å². The van der Waals surface area contributed by atoms with E-state index in [4.69, 9.17) is 0 Å². The van der Waals surface area contributed by atoms with Crippen LogP contribution in [-0.4, -0.2) is 12.6 Å². The lowest BCUT2D eigenvalue weighted by molar-refractivity contribution is 1.18. The minimum atomic E-state index is -2.72. The maximum Gasteiger partial charge on any atom is 0.179 e. The van der Waals surface area contributed by atoms with Crippen LogP contribution in [0.4, 0.5) is 0 Å². The van der Waals surface area contributed by atoms with Gasteiger partial charge in [-0.1, -0.05) is 152 Å². The van der Waals surface area contributed by atoms with Crippen LogP contribution in [0.1, 0.15) is 5.56 Å². The number of hydrogen-bond acceptors (Lipinski definition) is 1. The van der Waals surface area contributed by atoms with Crippen LogP contribution in [-0.2, 0) is 0 Å². The van der Waals surface area contributed by atoms with Gasteiger partial charge >= 0.3 is 0 Å². The Balaban J connectivity index is 1.28. The standard InChI is InChI=1S/C43H30N2Si/c44-31-33-30-38(46(35-14-4-1-5-15-35,36-16-6-2-7-17-36)37-18-8-3-9-19-37)28-29-39(33)32-24-26-34(27-25-32)45-42-22-12-10-20-40(42)41-21-11-13-23-43(41)45/h1-30H. The van der Waals surface area contributed by atoms with Crippen molar-refractivity contribution in [1.29, 1.82) is 5.26 Å². The van der Waals surface area contributed by atoms with Crippen molar-refractivity contribution in [1.82, 2.24) is 4.57 Å². The Bertz CT molecular complexity index is 2200. The van der Waals surface area contributed by atoms with Crippen molar-refractivity contribution in [2.24, 2.45) is 0 Å². The first-order valence-corrected chi connectivity index (χ1v) is 17.6. The second-order valence-electron chi connectivity index (χ2n) is 11.6. The van der Waals surface area contributed by atoms with E-state index in [1.807, 2.05) is 0 Å². The summed E-state index contributed by atoms with van der Waals surface area (Å²) in [4.78, 5) is 0. The van der Waals surface area contributed by atoms with Crippen LogP contribution >= 0.6 is 0 Å². The molecular weight excluding hydrogens is 573 g/mol. The number of benzene rings is 7. The fourth-order valence-corrected chi connectivity index (χ4v) is 11.9. The molecular formula is C43H30N2Si. The van der Waals surface area contributed by atoms with Crippen molar-refractivity contribution >= 4 is 50.6 Å². The molecule has 0 radical (unpaired) electrons. The predicted molar refractivity (Wildman–Crippen MR) is 195 cm³/mol. The van der Waals surface area contributed by atoms with Crippen LogP contribution in [0, 0.1) is 11.3 Å². The highest BCUT2D eigenvalue weighted by molar-refractivity contribution is 7.19. The minimum Gasteiger partial charge on any atom is -0.309 e. The van der Waals surface area contributed by atoms with E-state index >= 15 is 0 Å². The third kappa shape index (κ3) is 4.39. The summed E-state index contributed by atoms with van der Waals surface area (Å²) in [5.74, 6) is 0. The van der Waals surface area contributed by atoms with Crippen molar-refractivity contribution in [3.05, 3.63) is 188 Å². The monoisotopic (exact) mass is 602 g/mol. The van der Waals surface area contributed by atoms with Gasteiger partial charge in [-0.2, -0.15) is 5.26 Å². The molecule has 2 nitrogen and oxygen atoms in total. The first-order valence-electron chi connectivity index (χ1n) is 15.6. The van der Waals surface area contributed by atoms with Crippen molar-refractivity contribution in [3.8, 4) is 22.9 Å². The zero-order valence-electron chi connectivity index (χ0n) is 25.2. The van der Waals surface area contributed by atoms with Crippen LogP contribution in [0.3, 0.4) is 0 Å². The third-order valence-corrected chi connectivity index (χ3v) is 14.0. The van der Waals surface area contributed by atoms with E-state index in [9.17, 15) is 5.26 Å². The van der Waals surface area contributed by atoms with Gasteiger partial charge in [0.1, 0.15) is 0 Å². The normalized spacial score (nSPS) is 11.5. The molecule has 1 aromatic heterocycles.